The molecule has 0 bridgehead atoms. The average Bonchev–Trinajstić information content (AvgIpc) is 2.45. The molecule has 0 spiro atoms. The number of hydrazone groups is 1. The molecule has 0 aliphatic heterocycles. The minimum atomic E-state index is -4.35. The van der Waals surface area contributed by atoms with Gasteiger partial charge in [0.2, 0.25) is 0 Å². The number of anilines is 1. The Balaban J connectivity index is 1.96. The van der Waals surface area contributed by atoms with Crippen molar-refractivity contribution < 1.29 is 13.2 Å². The molecule has 1 heterocycles. The molecule has 0 amide bonds. The van der Waals surface area contributed by atoms with Crippen LogP contribution in [0.4, 0.5) is 19.0 Å². The van der Waals surface area contributed by atoms with Crippen LogP contribution in [0.5, 0.6) is 0 Å². The number of pyridine rings is 1. The number of nitrogens with zero attached hydrogens (tertiary/aromatic N) is 2. The predicted octanol–water partition coefficient (Wildman–Crippen LogP) is 4.47. The molecule has 1 N–H and O–H groups in total. The molecule has 1 aliphatic carbocycles. The van der Waals surface area contributed by atoms with Crippen LogP contribution >= 0.6 is 0 Å². The van der Waals surface area contributed by atoms with Crippen LogP contribution in [0.1, 0.15) is 44.6 Å². The van der Waals surface area contributed by atoms with Crippen molar-refractivity contribution in [3.63, 3.8) is 0 Å². The third-order valence-electron chi connectivity index (χ3n) is 3.63. The second-order valence-electron chi connectivity index (χ2n) is 5.13. The van der Waals surface area contributed by atoms with Gasteiger partial charge in [-0.2, -0.15) is 18.3 Å². The molecule has 0 saturated heterocycles. The molecule has 1 fully saturated rings. The van der Waals surface area contributed by atoms with Crippen LogP contribution in [0.3, 0.4) is 0 Å². The van der Waals surface area contributed by atoms with Gasteiger partial charge >= 0.3 is 6.18 Å². The molecule has 0 unspecified atom stereocenters. The second kappa shape index (κ2) is 6.24. The number of halogens is 3. The molecular formula is C14H18F3N3. The lowest BCUT2D eigenvalue weighted by atomic mass is 9.86. The molecule has 1 saturated carbocycles. The Morgan fingerprint density at radius 1 is 1.25 bits per heavy atom. The zero-order chi connectivity index (χ0) is 14.6. The molecular weight excluding hydrogens is 267 g/mol. The van der Waals surface area contributed by atoms with Gasteiger partial charge in [0.15, 0.2) is 0 Å². The van der Waals surface area contributed by atoms with Crippen LogP contribution < -0.4 is 5.43 Å². The molecule has 0 aromatic carbocycles. The number of hydrogen-bond acceptors (Lipinski definition) is 3. The first-order chi connectivity index (χ1) is 9.47. The van der Waals surface area contributed by atoms with Gasteiger partial charge in [0.25, 0.3) is 0 Å². The summed E-state index contributed by atoms with van der Waals surface area (Å²) in [5.41, 5.74) is 2.97. The number of aromatic nitrogens is 1. The molecule has 1 aromatic rings. The Morgan fingerprint density at radius 2 is 1.95 bits per heavy atom. The first-order valence-corrected chi connectivity index (χ1v) is 6.80. The van der Waals surface area contributed by atoms with Crippen molar-refractivity contribution in [3.05, 3.63) is 23.9 Å². The van der Waals surface area contributed by atoms with Gasteiger partial charge in [-0.25, -0.2) is 4.98 Å². The van der Waals surface area contributed by atoms with Crippen molar-refractivity contribution in [2.24, 2.45) is 11.0 Å². The Bertz CT molecular complexity index is 460. The minimum absolute atomic E-state index is 0.327. The van der Waals surface area contributed by atoms with E-state index in [1.54, 1.807) is 0 Å². The first-order valence-electron chi connectivity index (χ1n) is 6.80. The lowest BCUT2D eigenvalue weighted by Gasteiger charge is -2.21. The van der Waals surface area contributed by atoms with Crippen LogP contribution in [0.2, 0.25) is 0 Å². The quantitative estimate of drug-likeness (QED) is 0.657. The highest BCUT2D eigenvalue weighted by Gasteiger charge is 2.30. The zero-order valence-electron chi connectivity index (χ0n) is 11.4. The van der Waals surface area contributed by atoms with Gasteiger partial charge in [0.05, 0.1) is 5.56 Å². The van der Waals surface area contributed by atoms with Gasteiger partial charge in [0.1, 0.15) is 5.82 Å². The van der Waals surface area contributed by atoms with Gasteiger partial charge in [-0.1, -0.05) is 19.3 Å². The van der Waals surface area contributed by atoms with Gasteiger partial charge < -0.3 is 0 Å². The second-order valence-corrected chi connectivity index (χ2v) is 5.13. The minimum Gasteiger partial charge on any atom is -0.261 e. The summed E-state index contributed by atoms with van der Waals surface area (Å²) in [6.07, 6.45) is 2.44. The van der Waals surface area contributed by atoms with Crippen LogP contribution in [0.25, 0.3) is 0 Å². The summed E-state index contributed by atoms with van der Waals surface area (Å²) < 4.78 is 37.2. The van der Waals surface area contributed by atoms with E-state index in [1.807, 2.05) is 6.92 Å². The van der Waals surface area contributed by atoms with Crippen LogP contribution in [-0.4, -0.2) is 10.7 Å². The Morgan fingerprint density at radius 3 is 2.50 bits per heavy atom. The van der Waals surface area contributed by atoms with E-state index in [1.165, 1.54) is 25.3 Å². The highest BCUT2D eigenvalue weighted by atomic mass is 19.4. The van der Waals surface area contributed by atoms with Crippen molar-refractivity contribution in [1.82, 2.24) is 4.98 Å². The fourth-order valence-electron chi connectivity index (χ4n) is 2.38. The number of rotatable bonds is 3. The van der Waals surface area contributed by atoms with Crippen molar-refractivity contribution in [2.75, 3.05) is 5.43 Å². The summed E-state index contributed by atoms with van der Waals surface area (Å²) in [5, 5.41) is 4.23. The standard InChI is InChI=1S/C14H18F3N3/c1-10(11-5-3-2-4-6-11)19-20-13-8-7-12(9-18-13)14(15,16)17/h7-9,11H,2-6H2,1H3,(H,18,20)/b19-10+. The summed E-state index contributed by atoms with van der Waals surface area (Å²) in [7, 11) is 0. The lowest BCUT2D eigenvalue weighted by molar-refractivity contribution is -0.137. The maximum Gasteiger partial charge on any atom is 0.417 e. The Labute approximate surface area is 116 Å². The average molecular weight is 285 g/mol. The fourth-order valence-corrected chi connectivity index (χ4v) is 2.38. The first kappa shape index (κ1) is 14.8. The molecule has 0 atom stereocenters. The van der Waals surface area contributed by atoms with E-state index in [-0.39, 0.29) is 0 Å². The van der Waals surface area contributed by atoms with Crippen LogP contribution in [-0.2, 0) is 6.18 Å². The molecule has 110 valence electrons. The third kappa shape index (κ3) is 3.95. The Hall–Kier alpha value is -1.59. The SMILES string of the molecule is C/C(=N\Nc1ccc(C(F)(F)F)cn1)C1CCCCC1. The molecule has 1 aromatic heterocycles. The third-order valence-corrected chi connectivity index (χ3v) is 3.63. The molecule has 0 radical (unpaired) electrons. The van der Waals surface area contributed by atoms with E-state index in [4.69, 9.17) is 0 Å². The Kier molecular flexibility index (Phi) is 4.62. The summed E-state index contributed by atoms with van der Waals surface area (Å²) in [6.45, 7) is 1.95. The predicted molar refractivity (Wildman–Crippen MR) is 72.5 cm³/mol. The molecule has 20 heavy (non-hydrogen) atoms. The molecule has 1 aliphatic rings. The van der Waals surface area contributed by atoms with Gasteiger partial charge in [-0.05, 0) is 37.8 Å². The van der Waals surface area contributed by atoms with Crippen molar-refractivity contribution in [3.8, 4) is 0 Å². The largest absolute Gasteiger partial charge is 0.417 e. The van der Waals surface area contributed by atoms with E-state index in [2.05, 4.69) is 15.5 Å². The topological polar surface area (TPSA) is 37.3 Å². The van der Waals surface area contributed by atoms with Crippen molar-refractivity contribution in [2.45, 2.75) is 45.2 Å². The zero-order valence-corrected chi connectivity index (χ0v) is 11.4. The van der Waals surface area contributed by atoms with Gasteiger partial charge in [-0.15, -0.1) is 0 Å². The molecule has 3 nitrogen and oxygen atoms in total. The number of nitrogens with one attached hydrogen (secondary N) is 1. The maximum atomic E-state index is 12.4. The summed E-state index contributed by atoms with van der Waals surface area (Å²) in [5.74, 6) is 0.804. The van der Waals surface area contributed by atoms with E-state index < -0.39 is 11.7 Å². The maximum absolute atomic E-state index is 12.4. The lowest BCUT2D eigenvalue weighted by Crippen LogP contribution is -2.16. The molecule has 6 heteroatoms. The fraction of sp³-hybridized carbons (Fsp3) is 0.571. The van der Waals surface area contributed by atoms with Crippen LogP contribution in [0, 0.1) is 5.92 Å². The van der Waals surface area contributed by atoms with E-state index >= 15 is 0 Å². The van der Waals surface area contributed by atoms with Crippen molar-refractivity contribution >= 4 is 11.5 Å². The monoisotopic (exact) mass is 285 g/mol. The summed E-state index contributed by atoms with van der Waals surface area (Å²) in [4.78, 5) is 3.72. The van der Waals surface area contributed by atoms with Crippen LogP contribution in [0.15, 0.2) is 23.4 Å². The number of alkyl halides is 3. The van der Waals surface area contributed by atoms with E-state index in [0.717, 1.165) is 30.8 Å². The van der Waals surface area contributed by atoms with Crippen molar-refractivity contribution in [1.29, 1.82) is 0 Å². The summed E-state index contributed by atoms with van der Waals surface area (Å²) in [6, 6.07) is 2.29. The number of hydrogen-bond donors (Lipinski definition) is 1. The van der Waals surface area contributed by atoms with E-state index in [0.29, 0.717) is 11.7 Å². The smallest absolute Gasteiger partial charge is 0.261 e. The van der Waals surface area contributed by atoms with E-state index in [9.17, 15) is 13.2 Å². The molecule has 2 rings (SSSR count). The highest BCUT2D eigenvalue weighted by Crippen LogP contribution is 2.29. The van der Waals surface area contributed by atoms with Gasteiger partial charge in [0, 0.05) is 11.9 Å². The normalized spacial score (nSPS) is 18.1. The summed E-state index contributed by atoms with van der Waals surface area (Å²) >= 11 is 0. The highest BCUT2D eigenvalue weighted by molar-refractivity contribution is 5.85. The van der Waals surface area contributed by atoms with Gasteiger partial charge in [-0.3, -0.25) is 5.43 Å².